The smallest absolute Gasteiger partial charge is 0.219 e. The van der Waals surface area contributed by atoms with Crippen molar-refractivity contribution in [1.29, 1.82) is 0 Å². The van der Waals surface area contributed by atoms with Gasteiger partial charge < -0.3 is 9.64 Å². The van der Waals surface area contributed by atoms with Crippen LogP contribution in [0.15, 0.2) is 48.9 Å². The SMILES string of the molecule is CN(C)Cc1ccc(Oc2ccc(-c3ccn[nH]3)cn2)cn1. The monoisotopic (exact) mass is 295 g/mol. The van der Waals surface area contributed by atoms with E-state index in [1.54, 1.807) is 18.6 Å². The summed E-state index contributed by atoms with van der Waals surface area (Å²) in [5.41, 5.74) is 2.89. The Kier molecular flexibility index (Phi) is 4.11. The van der Waals surface area contributed by atoms with Crippen LogP contribution in [0.1, 0.15) is 5.69 Å². The molecule has 0 aliphatic heterocycles. The van der Waals surface area contributed by atoms with Gasteiger partial charge in [-0.3, -0.25) is 10.1 Å². The van der Waals surface area contributed by atoms with Crippen LogP contribution in [-0.4, -0.2) is 39.2 Å². The molecule has 0 bridgehead atoms. The quantitative estimate of drug-likeness (QED) is 0.784. The normalized spacial score (nSPS) is 10.9. The molecule has 0 aromatic carbocycles. The maximum atomic E-state index is 5.70. The lowest BCUT2D eigenvalue weighted by Gasteiger charge is -2.09. The van der Waals surface area contributed by atoms with E-state index in [4.69, 9.17) is 4.74 Å². The molecule has 3 rings (SSSR count). The van der Waals surface area contributed by atoms with Crippen LogP contribution < -0.4 is 4.74 Å². The second-order valence-electron chi connectivity index (χ2n) is 5.18. The third-order valence-electron chi connectivity index (χ3n) is 3.05. The number of aromatic amines is 1. The maximum absolute atomic E-state index is 5.70. The van der Waals surface area contributed by atoms with Gasteiger partial charge in [0.2, 0.25) is 5.88 Å². The van der Waals surface area contributed by atoms with Gasteiger partial charge in [0.05, 0.1) is 17.6 Å². The highest BCUT2D eigenvalue weighted by Gasteiger charge is 2.03. The van der Waals surface area contributed by atoms with Crippen molar-refractivity contribution in [3.05, 3.63) is 54.6 Å². The molecule has 0 aliphatic rings. The molecular formula is C16H17N5O. The van der Waals surface area contributed by atoms with Crippen molar-refractivity contribution in [2.75, 3.05) is 14.1 Å². The topological polar surface area (TPSA) is 66.9 Å². The Balaban J connectivity index is 1.68. The zero-order valence-electron chi connectivity index (χ0n) is 12.5. The Morgan fingerprint density at radius 2 is 1.95 bits per heavy atom. The third kappa shape index (κ3) is 3.48. The van der Waals surface area contributed by atoms with Crippen LogP contribution in [0.4, 0.5) is 0 Å². The number of nitrogens with zero attached hydrogens (tertiary/aromatic N) is 4. The van der Waals surface area contributed by atoms with E-state index in [1.807, 2.05) is 44.4 Å². The highest BCUT2D eigenvalue weighted by Crippen LogP contribution is 2.21. The fraction of sp³-hybridized carbons (Fsp3) is 0.188. The number of pyridine rings is 2. The largest absolute Gasteiger partial charge is 0.437 e. The van der Waals surface area contributed by atoms with E-state index in [2.05, 4.69) is 25.1 Å². The number of rotatable bonds is 5. The van der Waals surface area contributed by atoms with E-state index >= 15 is 0 Å². The summed E-state index contributed by atoms with van der Waals surface area (Å²) >= 11 is 0. The van der Waals surface area contributed by atoms with Crippen LogP contribution >= 0.6 is 0 Å². The highest BCUT2D eigenvalue weighted by molar-refractivity contribution is 5.57. The Labute approximate surface area is 128 Å². The molecule has 0 saturated heterocycles. The number of hydrogen-bond acceptors (Lipinski definition) is 5. The number of ether oxygens (including phenoxy) is 1. The van der Waals surface area contributed by atoms with E-state index < -0.39 is 0 Å². The molecule has 3 aromatic heterocycles. The van der Waals surface area contributed by atoms with Gasteiger partial charge in [0.1, 0.15) is 5.75 Å². The summed E-state index contributed by atoms with van der Waals surface area (Å²) in [5, 5.41) is 6.82. The molecule has 112 valence electrons. The fourth-order valence-corrected chi connectivity index (χ4v) is 2.03. The maximum Gasteiger partial charge on any atom is 0.219 e. The molecule has 0 unspecified atom stereocenters. The summed E-state index contributed by atoms with van der Waals surface area (Å²) in [5.74, 6) is 1.20. The molecule has 0 fully saturated rings. The molecule has 6 nitrogen and oxygen atoms in total. The minimum Gasteiger partial charge on any atom is -0.437 e. The predicted octanol–water partition coefficient (Wildman–Crippen LogP) is 2.72. The first kappa shape index (κ1) is 14.2. The minimum atomic E-state index is 0.533. The average molecular weight is 295 g/mol. The molecule has 0 saturated carbocycles. The van der Waals surface area contributed by atoms with Gasteiger partial charge in [-0.15, -0.1) is 0 Å². The fourth-order valence-electron chi connectivity index (χ4n) is 2.03. The Hall–Kier alpha value is -2.73. The molecule has 0 amide bonds. The zero-order valence-corrected chi connectivity index (χ0v) is 12.5. The molecule has 0 aliphatic carbocycles. The molecule has 0 atom stereocenters. The van der Waals surface area contributed by atoms with E-state index in [0.717, 1.165) is 23.5 Å². The summed E-state index contributed by atoms with van der Waals surface area (Å²) in [7, 11) is 4.02. The molecule has 3 aromatic rings. The van der Waals surface area contributed by atoms with Crippen LogP contribution in [0.3, 0.4) is 0 Å². The van der Waals surface area contributed by atoms with Crippen LogP contribution in [0, 0.1) is 0 Å². The third-order valence-corrected chi connectivity index (χ3v) is 3.05. The summed E-state index contributed by atoms with van der Waals surface area (Å²) in [6.45, 7) is 0.803. The first-order chi connectivity index (χ1) is 10.7. The second-order valence-corrected chi connectivity index (χ2v) is 5.18. The van der Waals surface area contributed by atoms with Crippen molar-refractivity contribution in [3.8, 4) is 22.9 Å². The summed E-state index contributed by atoms with van der Waals surface area (Å²) < 4.78 is 5.70. The Bertz CT molecular complexity index is 705. The molecule has 1 N–H and O–H groups in total. The molecule has 0 spiro atoms. The Morgan fingerprint density at radius 1 is 1.05 bits per heavy atom. The summed E-state index contributed by atoms with van der Waals surface area (Å²) in [6.07, 6.45) is 5.17. The molecule has 0 radical (unpaired) electrons. The first-order valence-corrected chi connectivity index (χ1v) is 6.94. The van der Waals surface area contributed by atoms with E-state index in [-0.39, 0.29) is 0 Å². The predicted molar refractivity (Wildman–Crippen MR) is 83.5 cm³/mol. The number of aromatic nitrogens is 4. The lowest BCUT2D eigenvalue weighted by Crippen LogP contribution is -2.11. The van der Waals surface area contributed by atoms with E-state index in [1.165, 1.54) is 0 Å². The van der Waals surface area contributed by atoms with E-state index in [0.29, 0.717) is 11.6 Å². The Morgan fingerprint density at radius 3 is 2.55 bits per heavy atom. The van der Waals surface area contributed by atoms with Crippen molar-refractivity contribution in [1.82, 2.24) is 25.1 Å². The lowest BCUT2D eigenvalue weighted by atomic mass is 10.2. The minimum absolute atomic E-state index is 0.533. The van der Waals surface area contributed by atoms with Crippen molar-refractivity contribution < 1.29 is 4.74 Å². The van der Waals surface area contributed by atoms with Gasteiger partial charge in [-0.2, -0.15) is 5.10 Å². The molecular weight excluding hydrogens is 278 g/mol. The van der Waals surface area contributed by atoms with Crippen LogP contribution in [-0.2, 0) is 6.54 Å². The average Bonchev–Trinajstić information content (AvgIpc) is 3.04. The zero-order chi connectivity index (χ0) is 15.4. The number of H-pyrrole nitrogens is 1. The van der Waals surface area contributed by atoms with Gasteiger partial charge in [0, 0.05) is 30.6 Å². The number of hydrogen-bond donors (Lipinski definition) is 1. The lowest BCUT2D eigenvalue weighted by molar-refractivity contribution is 0.395. The number of nitrogens with one attached hydrogen (secondary N) is 1. The van der Waals surface area contributed by atoms with Crippen LogP contribution in [0.5, 0.6) is 11.6 Å². The van der Waals surface area contributed by atoms with Crippen molar-refractivity contribution >= 4 is 0 Å². The van der Waals surface area contributed by atoms with Gasteiger partial charge in [-0.05, 0) is 38.4 Å². The van der Waals surface area contributed by atoms with Crippen LogP contribution in [0.2, 0.25) is 0 Å². The second kappa shape index (κ2) is 6.36. The van der Waals surface area contributed by atoms with Gasteiger partial charge in [-0.1, -0.05) is 0 Å². The van der Waals surface area contributed by atoms with Gasteiger partial charge in [0.25, 0.3) is 0 Å². The molecule has 22 heavy (non-hydrogen) atoms. The standard InChI is InChI=1S/C16H17N5O/c1-21(2)11-13-4-5-14(10-17-13)22-16-6-3-12(9-18-16)15-7-8-19-20-15/h3-10H,11H2,1-2H3,(H,19,20). The molecule has 6 heteroatoms. The van der Waals surface area contributed by atoms with Gasteiger partial charge in [0.15, 0.2) is 0 Å². The van der Waals surface area contributed by atoms with Crippen molar-refractivity contribution in [2.45, 2.75) is 6.54 Å². The highest BCUT2D eigenvalue weighted by atomic mass is 16.5. The van der Waals surface area contributed by atoms with Gasteiger partial charge >= 0.3 is 0 Å². The van der Waals surface area contributed by atoms with E-state index in [9.17, 15) is 0 Å². The van der Waals surface area contributed by atoms with Crippen molar-refractivity contribution in [3.63, 3.8) is 0 Å². The van der Waals surface area contributed by atoms with Gasteiger partial charge in [-0.25, -0.2) is 4.98 Å². The first-order valence-electron chi connectivity index (χ1n) is 6.94. The summed E-state index contributed by atoms with van der Waals surface area (Å²) in [6, 6.07) is 9.50. The van der Waals surface area contributed by atoms with Crippen LogP contribution in [0.25, 0.3) is 11.3 Å². The molecule has 3 heterocycles. The summed E-state index contributed by atoms with van der Waals surface area (Å²) in [4.78, 5) is 10.7. The van der Waals surface area contributed by atoms with Crippen molar-refractivity contribution in [2.24, 2.45) is 0 Å².